The Bertz CT molecular complexity index is 529. The number of aliphatic hydroxyl groups excluding tert-OH is 1. The number of aliphatic hydroxyl groups is 1. The standard InChI is InChI=1S/C13H17FN4O/c1-10(11-3-2-4-12(14)7-11)15-8-13-9-18(5-6-19)17-16-13/h2-4,7,9-10,15,19H,5-6,8H2,1H3. The van der Waals surface area contributed by atoms with E-state index in [1.165, 1.54) is 12.1 Å². The monoisotopic (exact) mass is 264 g/mol. The van der Waals surface area contributed by atoms with E-state index in [9.17, 15) is 4.39 Å². The van der Waals surface area contributed by atoms with Gasteiger partial charge in [0.15, 0.2) is 0 Å². The van der Waals surface area contributed by atoms with Gasteiger partial charge in [0, 0.05) is 18.8 Å². The Kier molecular flexibility index (Phi) is 4.59. The summed E-state index contributed by atoms with van der Waals surface area (Å²) in [5.41, 5.74) is 1.68. The van der Waals surface area contributed by atoms with Gasteiger partial charge in [-0.15, -0.1) is 5.10 Å². The molecule has 102 valence electrons. The molecule has 0 spiro atoms. The molecule has 0 saturated carbocycles. The lowest BCUT2D eigenvalue weighted by molar-refractivity contribution is 0.268. The number of nitrogens with zero attached hydrogens (tertiary/aromatic N) is 3. The number of hydrogen-bond donors (Lipinski definition) is 2. The highest BCUT2D eigenvalue weighted by Crippen LogP contribution is 2.13. The molecule has 2 N–H and O–H groups in total. The first-order valence-corrected chi connectivity index (χ1v) is 6.18. The van der Waals surface area contributed by atoms with Gasteiger partial charge in [-0.1, -0.05) is 17.3 Å². The lowest BCUT2D eigenvalue weighted by atomic mass is 10.1. The van der Waals surface area contributed by atoms with Crippen molar-refractivity contribution in [3.8, 4) is 0 Å². The Morgan fingerprint density at radius 1 is 1.47 bits per heavy atom. The fourth-order valence-electron chi connectivity index (χ4n) is 1.78. The number of benzene rings is 1. The molecule has 6 heteroatoms. The molecule has 1 unspecified atom stereocenters. The maximum Gasteiger partial charge on any atom is 0.123 e. The Morgan fingerprint density at radius 3 is 3.05 bits per heavy atom. The molecular formula is C13H17FN4O. The van der Waals surface area contributed by atoms with Crippen molar-refractivity contribution >= 4 is 0 Å². The highest BCUT2D eigenvalue weighted by atomic mass is 19.1. The average molecular weight is 264 g/mol. The predicted octanol–water partition coefficient (Wildman–Crippen LogP) is 1.26. The van der Waals surface area contributed by atoms with Gasteiger partial charge < -0.3 is 10.4 Å². The van der Waals surface area contributed by atoms with Gasteiger partial charge in [-0.2, -0.15) is 0 Å². The van der Waals surface area contributed by atoms with E-state index in [1.54, 1.807) is 16.9 Å². The van der Waals surface area contributed by atoms with Crippen molar-refractivity contribution < 1.29 is 9.50 Å². The summed E-state index contributed by atoms with van der Waals surface area (Å²) in [4.78, 5) is 0. The summed E-state index contributed by atoms with van der Waals surface area (Å²) >= 11 is 0. The summed E-state index contributed by atoms with van der Waals surface area (Å²) in [6.07, 6.45) is 1.78. The molecule has 2 aromatic rings. The van der Waals surface area contributed by atoms with Crippen LogP contribution in [0.5, 0.6) is 0 Å². The van der Waals surface area contributed by atoms with Gasteiger partial charge in [0.05, 0.1) is 18.8 Å². The van der Waals surface area contributed by atoms with Gasteiger partial charge >= 0.3 is 0 Å². The van der Waals surface area contributed by atoms with E-state index in [0.29, 0.717) is 13.1 Å². The van der Waals surface area contributed by atoms with Crippen molar-refractivity contribution in [1.82, 2.24) is 20.3 Å². The lowest BCUT2D eigenvalue weighted by Crippen LogP contribution is -2.18. The van der Waals surface area contributed by atoms with E-state index >= 15 is 0 Å². The molecule has 0 amide bonds. The molecule has 1 atom stereocenters. The summed E-state index contributed by atoms with van der Waals surface area (Å²) in [6, 6.07) is 6.54. The molecule has 0 aliphatic rings. The van der Waals surface area contributed by atoms with Crippen molar-refractivity contribution in [2.75, 3.05) is 6.61 Å². The third-order valence-corrected chi connectivity index (χ3v) is 2.85. The van der Waals surface area contributed by atoms with Crippen molar-refractivity contribution in [2.45, 2.75) is 26.1 Å². The minimum atomic E-state index is -0.236. The van der Waals surface area contributed by atoms with Gasteiger partial charge in [-0.05, 0) is 24.6 Å². The molecule has 1 aromatic carbocycles. The minimum absolute atomic E-state index is 0.0266. The first-order chi connectivity index (χ1) is 9.19. The van der Waals surface area contributed by atoms with Crippen LogP contribution in [0.25, 0.3) is 0 Å². The first-order valence-electron chi connectivity index (χ1n) is 6.18. The summed E-state index contributed by atoms with van der Waals surface area (Å²) in [7, 11) is 0. The van der Waals surface area contributed by atoms with Gasteiger partial charge in [0.1, 0.15) is 5.82 Å². The minimum Gasteiger partial charge on any atom is -0.394 e. The largest absolute Gasteiger partial charge is 0.394 e. The highest BCUT2D eigenvalue weighted by Gasteiger charge is 2.07. The van der Waals surface area contributed by atoms with Crippen molar-refractivity contribution in [1.29, 1.82) is 0 Å². The van der Waals surface area contributed by atoms with Crippen molar-refractivity contribution in [2.24, 2.45) is 0 Å². The van der Waals surface area contributed by atoms with Crippen LogP contribution in [0.3, 0.4) is 0 Å². The van der Waals surface area contributed by atoms with Crippen LogP contribution in [0.4, 0.5) is 4.39 Å². The van der Waals surface area contributed by atoms with Crippen LogP contribution in [0.2, 0.25) is 0 Å². The fourth-order valence-corrected chi connectivity index (χ4v) is 1.78. The van der Waals surface area contributed by atoms with E-state index < -0.39 is 0 Å². The summed E-state index contributed by atoms with van der Waals surface area (Å²) in [5.74, 6) is -0.236. The Labute approximate surface area is 111 Å². The maximum atomic E-state index is 13.1. The lowest BCUT2D eigenvalue weighted by Gasteiger charge is -2.13. The van der Waals surface area contributed by atoms with E-state index in [0.717, 1.165) is 11.3 Å². The SMILES string of the molecule is CC(NCc1cn(CCO)nn1)c1cccc(F)c1. The molecule has 19 heavy (non-hydrogen) atoms. The Morgan fingerprint density at radius 2 is 2.32 bits per heavy atom. The van der Waals surface area contributed by atoms with Crippen molar-refractivity contribution in [3.05, 3.63) is 47.5 Å². The number of hydrogen-bond acceptors (Lipinski definition) is 4. The normalized spacial score (nSPS) is 12.6. The molecule has 0 radical (unpaired) electrons. The number of aromatic nitrogens is 3. The first kappa shape index (κ1) is 13.6. The average Bonchev–Trinajstić information content (AvgIpc) is 2.84. The molecule has 0 saturated heterocycles. The van der Waals surface area contributed by atoms with Crippen LogP contribution in [0, 0.1) is 5.82 Å². The van der Waals surface area contributed by atoms with Gasteiger partial charge in [-0.25, -0.2) is 9.07 Å². The van der Waals surface area contributed by atoms with E-state index in [2.05, 4.69) is 15.6 Å². The second-order valence-electron chi connectivity index (χ2n) is 4.35. The molecule has 1 aromatic heterocycles. The molecular weight excluding hydrogens is 247 g/mol. The number of rotatable bonds is 6. The van der Waals surface area contributed by atoms with Crippen LogP contribution in [-0.4, -0.2) is 26.7 Å². The van der Waals surface area contributed by atoms with Crippen LogP contribution >= 0.6 is 0 Å². The second kappa shape index (κ2) is 6.40. The molecule has 5 nitrogen and oxygen atoms in total. The van der Waals surface area contributed by atoms with E-state index in [4.69, 9.17) is 5.11 Å². The summed E-state index contributed by atoms with van der Waals surface area (Å²) in [5, 5.41) is 19.9. The fraction of sp³-hybridized carbons (Fsp3) is 0.385. The van der Waals surface area contributed by atoms with Gasteiger partial charge in [-0.3, -0.25) is 0 Å². The zero-order valence-electron chi connectivity index (χ0n) is 10.8. The second-order valence-corrected chi connectivity index (χ2v) is 4.35. The zero-order valence-corrected chi connectivity index (χ0v) is 10.8. The van der Waals surface area contributed by atoms with E-state index in [-0.39, 0.29) is 18.5 Å². The van der Waals surface area contributed by atoms with Crippen LogP contribution < -0.4 is 5.32 Å². The highest BCUT2D eigenvalue weighted by molar-refractivity contribution is 5.19. The third-order valence-electron chi connectivity index (χ3n) is 2.85. The number of nitrogens with one attached hydrogen (secondary N) is 1. The maximum absolute atomic E-state index is 13.1. The smallest absolute Gasteiger partial charge is 0.123 e. The third kappa shape index (κ3) is 3.84. The molecule has 1 heterocycles. The predicted molar refractivity (Wildman–Crippen MR) is 68.8 cm³/mol. The molecule has 0 bridgehead atoms. The molecule has 0 fully saturated rings. The van der Waals surface area contributed by atoms with Gasteiger partial charge in [0.2, 0.25) is 0 Å². The quantitative estimate of drug-likeness (QED) is 0.824. The van der Waals surface area contributed by atoms with Crippen LogP contribution in [-0.2, 0) is 13.1 Å². The zero-order chi connectivity index (χ0) is 13.7. The summed E-state index contributed by atoms with van der Waals surface area (Å²) in [6.45, 7) is 2.98. The Balaban J connectivity index is 1.90. The van der Waals surface area contributed by atoms with Crippen LogP contribution in [0.15, 0.2) is 30.5 Å². The number of halogens is 1. The van der Waals surface area contributed by atoms with Crippen molar-refractivity contribution in [3.63, 3.8) is 0 Å². The topological polar surface area (TPSA) is 63.0 Å². The molecule has 0 aliphatic carbocycles. The van der Waals surface area contributed by atoms with E-state index in [1.807, 2.05) is 13.0 Å². The molecule has 2 rings (SSSR count). The Hall–Kier alpha value is -1.79. The summed E-state index contributed by atoms with van der Waals surface area (Å²) < 4.78 is 14.7. The van der Waals surface area contributed by atoms with Gasteiger partial charge in [0.25, 0.3) is 0 Å². The molecule has 0 aliphatic heterocycles. The van der Waals surface area contributed by atoms with Crippen LogP contribution in [0.1, 0.15) is 24.2 Å².